The fourth-order valence-corrected chi connectivity index (χ4v) is 4.29. The highest BCUT2D eigenvalue weighted by Gasteiger charge is 2.14. The molecule has 23 heavy (non-hydrogen) atoms. The quantitative estimate of drug-likeness (QED) is 0.661. The van der Waals surface area contributed by atoms with Crippen molar-refractivity contribution >= 4 is 45.2 Å². The van der Waals surface area contributed by atoms with E-state index in [1.165, 1.54) is 11.3 Å². The highest BCUT2D eigenvalue weighted by molar-refractivity contribution is 7.98. The summed E-state index contributed by atoms with van der Waals surface area (Å²) in [6, 6.07) is 8.11. The molecule has 0 fully saturated rings. The summed E-state index contributed by atoms with van der Waals surface area (Å²) in [6.07, 6.45) is 0. The SMILES string of the molecule is CCN(C(C)=O)c1nc(CSc2nc3ccccc3n2C)cs1. The highest BCUT2D eigenvalue weighted by atomic mass is 32.2. The van der Waals surface area contributed by atoms with E-state index in [9.17, 15) is 4.79 Å². The van der Waals surface area contributed by atoms with Crippen molar-refractivity contribution in [2.24, 2.45) is 7.05 Å². The smallest absolute Gasteiger partial charge is 0.225 e. The molecule has 2 aromatic heterocycles. The Kier molecular flexibility index (Phi) is 4.68. The van der Waals surface area contributed by atoms with Crippen molar-refractivity contribution in [3.8, 4) is 0 Å². The van der Waals surface area contributed by atoms with Crippen LogP contribution in [-0.2, 0) is 17.6 Å². The van der Waals surface area contributed by atoms with Crippen molar-refractivity contribution in [1.29, 1.82) is 0 Å². The molecule has 7 heteroatoms. The van der Waals surface area contributed by atoms with Crippen molar-refractivity contribution in [1.82, 2.24) is 14.5 Å². The lowest BCUT2D eigenvalue weighted by atomic mass is 10.3. The molecule has 0 atom stereocenters. The number of aromatic nitrogens is 3. The van der Waals surface area contributed by atoms with E-state index >= 15 is 0 Å². The summed E-state index contributed by atoms with van der Waals surface area (Å²) in [6.45, 7) is 4.16. The minimum atomic E-state index is 0.0244. The second-order valence-electron chi connectivity index (χ2n) is 5.12. The summed E-state index contributed by atoms with van der Waals surface area (Å²) in [5.41, 5.74) is 3.11. The van der Waals surface area contributed by atoms with E-state index in [-0.39, 0.29) is 5.91 Å². The molecule has 0 saturated heterocycles. The molecule has 1 amide bonds. The van der Waals surface area contributed by atoms with Crippen molar-refractivity contribution in [3.63, 3.8) is 0 Å². The van der Waals surface area contributed by atoms with Gasteiger partial charge in [-0.05, 0) is 19.1 Å². The first-order valence-electron chi connectivity index (χ1n) is 7.37. The number of aryl methyl sites for hydroxylation is 1. The Labute approximate surface area is 143 Å². The average molecular weight is 346 g/mol. The van der Waals surface area contributed by atoms with E-state index in [4.69, 9.17) is 0 Å². The molecule has 3 rings (SSSR count). The van der Waals surface area contributed by atoms with Gasteiger partial charge >= 0.3 is 0 Å². The van der Waals surface area contributed by atoms with Gasteiger partial charge in [0.2, 0.25) is 5.91 Å². The number of fused-ring (bicyclic) bond motifs is 1. The first-order valence-corrected chi connectivity index (χ1v) is 9.23. The van der Waals surface area contributed by atoms with Gasteiger partial charge in [0.25, 0.3) is 0 Å². The van der Waals surface area contributed by atoms with Gasteiger partial charge in [0.05, 0.1) is 16.7 Å². The minimum absolute atomic E-state index is 0.0244. The van der Waals surface area contributed by atoms with Crippen LogP contribution in [0, 0.1) is 0 Å². The van der Waals surface area contributed by atoms with E-state index in [1.807, 2.05) is 37.6 Å². The lowest BCUT2D eigenvalue weighted by molar-refractivity contribution is -0.116. The van der Waals surface area contributed by atoms with Gasteiger partial charge in [-0.3, -0.25) is 9.69 Å². The number of amides is 1. The fourth-order valence-electron chi connectivity index (χ4n) is 2.37. The second-order valence-corrected chi connectivity index (χ2v) is 6.89. The van der Waals surface area contributed by atoms with Crippen LogP contribution in [0.15, 0.2) is 34.8 Å². The summed E-state index contributed by atoms with van der Waals surface area (Å²) in [4.78, 5) is 22.5. The number of para-hydroxylation sites is 2. The van der Waals surface area contributed by atoms with Crippen molar-refractivity contribution in [3.05, 3.63) is 35.3 Å². The molecule has 0 saturated carbocycles. The number of hydrogen-bond donors (Lipinski definition) is 0. The molecule has 0 aliphatic heterocycles. The van der Waals surface area contributed by atoms with Gasteiger partial charge < -0.3 is 4.57 Å². The molecule has 0 aliphatic rings. The molecule has 0 unspecified atom stereocenters. The van der Waals surface area contributed by atoms with Gasteiger partial charge in [-0.15, -0.1) is 11.3 Å². The van der Waals surface area contributed by atoms with Crippen LogP contribution in [-0.4, -0.2) is 27.0 Å². The molecule has 0 N–H and O–H groups in total. The van der Waals surface area contributed by atoms with E-state index in [2.05, 4.69) is 20.6 Å². The Hall–Kier alpha value is -1.86. The topological polar surface area (TPSA) is 51.0 Å². The largest absolute Gasteiger partial charge is 0.322 e. The molecule has 0 aliphatic carbocycles. The molecule has 2 heterocycles. The van der Waals surface area contributed by atoms with Crippen LogP contribution in [0.2, 0.25) is 0 Å². The molecular formula is C16H18N4OS2. The summed E-state index contributed by atoms with van der Waals surface area (Å²) >= 11 is 3.17. The normalized spacial score (nSPS) is 11.1. The van der Waals surface area contributed by atoms with Gasteiger partial charge in [-0.2, -0.15) is 0 Å². The zero-order valence-electron chi connectivity index (χ0n) is 13.3. The van der Waals surface area contributed by atoms with Gasteiger partial charge in [0.15, 0.2) is 10.3 Å². The highest BCUT2D eigenvalue weighted by Crippen LogP contribution is 2.28. The molecule has 3 aromatic rings. The molecule has 0 spiro atoms. The molecule has 5 nitrogen and oxygen atoms in total. The van der Waals surface area contributed by atoms with E-state index in [0.29, 0.717) is 6.54 Å². The van der Waals surface area contributed by atoms with Crippen LogP contribution in [0.4, 0.5) is 5.13 Å². The first kappa shape index (κ1) is 16.0. The number of nitrogens with zero attached hydrogens (tertiary/aromatic N) is 4. The van der Waals surface area contributed by atoms with Crippen LogP contribution in [0.5, 0.6) is 0 Å². The number of anilines is 1. The number of thioether (sulfide) groups is 1. The molecular weight excluding hydrogens is 328 g/mol. The van der Waals surface area contributed by atoms with E-state index < -0.39 is 0 Å². The monoisotopic (exact) mass is 346 g/mol. The predicted octanol–water partition coefficient (Wildman–Crippen LogP) is 3.69. The van der Waals surface area contributed by atoms with Crippen LogP contribution in [0.3, 0.4) is 0 Å². The summed E-state index contributed by atoms with van der Waals surface area (Å²) in [7, 11) is 2.03. The minimum Gasteiger partial charge on any atom is -0.322 e. The standard InChI is InChI=1S/C16H18N4OS2/c1-4-20(11(2)21)16-17-12(10-23-16)9-22-15-18-13-7-5-6-8-14(13)19(15)3/h5-8,10H,4,9H2,1-3H3. The third-order valence-electron chi connectivity index (χ3n) is 3.56. The zero-order valence-corrected chi connectivity index (χ0v) is 14.9. The van der Waals surface area contributed by atoms with Crippen molar-refractivity contribution < 1.29 is 4.79 Å². The molecule has 120 valence electrons. The summed E-state index contributed by atoms with van der Waals surface area (Å²) in [5.74, 6) is 0.764. The van der Waals surface area contributed by atoms with Crippen LogP contribution in [0.1, 0.15) is 19.5 Å². The fraction of sp³-hybridized carbons (Fsp3) is 0.312. The van der Waals surface area contributed by atoms with Crippen LogP contribution in [0.25, 0.3) is 11.0 Å². The Morgan fingerprint density at radius 1 is 1.35 bits per heavy atom. The Morgan fingerprint density at radius 2 is 2.13 bits per heavy atom. The number of imidazole rings is 1. The Balaban J connectivity index is 1.74. The number of hydrogen-bond acceptors (Lipinski definition) is 5. The maximum atomic E-state index is 11.6. The lowest BCUT2D eigenvalue weighted by Gasteiger charge is -2.14. The third kappa shape index (κ3) is 3.25. The summed E-state index contributed by atoms with van der Waals surface area (Å²) in [5, 5.41) is 3.75. The van der Waals surface area contributed by atoms with Crippen LogP contribution < -0.4 is 4.90 Å². The number of rotatable bonds is 5. The number of benzene rings is 1. The van der Waals surface area contributed by atoms with Gasteiger partial charge in [0.1, 0.15) is 0 Å². The maximum absolute atomic E-state index is 11.6. The number of thiazole rings is 1. The zero-order chi connectivity index (χ0) is 16.4. The van der Waals surface area contributed by atoms with Gasteiger partial charge in [-0.1, -0.05) is 23.9 Å². The molecule has 1 aromatic carbocycles. The molecule has 0 radical (unpaired) electrons. The van der Waals surface area contributed by atoms with Gasteiger partial charge in [0, 0.05) is 31.6 Å². The Morgan fingerprint density at radius 3 is 2.83 bits per heavy atom. The summed E-state index contributed by atoms with van der Waals surface area (Å²) < 4.78 is 2.10. The van der Waals surface area contributed by atoms with Crippen molar-refractivity contribution in [2.45, 2.75) is 24.8 Å². The maximum Gasteiger partial charge on any atom is 0.225 e. The first-order chi connectivity index (χ1) is 11.1. The van der Waals surface area contributed by atoms with E-state index in [0.717, 1.165) is 32.8 Å². The average Bonchev–Trinajstić information content (AvgIpc) is 3.11. The Bertz CT molecular complexity index is 840. The van der Waals surface area contributed by atoms with Gasteiger partial charge in [-0.25, -0.2) is 9.97 Å². The van der Waals surface area contributed by atoms with E-state index in [1.54, 1.807) is 23.6 Å². The predicted molar refractivity (Wildman–Crippen MR) is 96.1 cm³/mol. The second kappa shape index (κ2) is 6.72. The van der Waals surface area contributed by atoms with Crippen molar-refractivity contribution in [2.75, 3.05) is 11.4 Å². The molecule has 0 bridgehead atoms. The third-order valence-corrected chi connectivity index (χ3v) is 5.54. The van der Waals surface area contributed by atoms with Crippen LogP contribution >= 0.6 is 23.1 Å². The number of carbonyl (C=O) groups excluding carboxylic acids is 1. The number of carbonyl (C=O) groups is 1. The lowest BCUT2D eigenvalue weighted by Crippen LogP contribution is -2.27.